The molecule has 5 heteroatoms. The largest absolute Gasteiger partial charge is 0.346 e. The molecule has 1 amide bonds. The van der Waals surface area contributed by atoms with Crippen LogP contribution in [0.4, 0.5) is 0 Å². The van der Waals surface area contributed by atoms with E-state index in [9.17, 15) is 4.79 Å². The van der Waals surface area contributed by atoms with Crippen molar-refractivity contribution in [3.63, 3.8) is 0 Å². The van der Waals surface area contributed by atoms with Crippen LogP contribution in [0, 0.1) is 6.92 Å². The number of amides is 1. The molecule has 0 bridgehead atoms. The zero-order valence-corrected chi connectivity index (χ0v) is 13.0. The lowest BCUT2D eigenvalue weighted by Crippen LogP contribution is -2.22. The summed E-state index contributed by atoms with van der Waals surface area (Å²) in [5.41, 5.74) is 1.97. The molecule has 0 fully saturated rings. The van der Waals surface area contributed by atoms with Gasteiger partial charge in [-0.3, -0.25) is 9.78 Å². The van der Waals surface area contributed by atoms with E-state index < -0.39 is 0 Å². The first kappa shape index (κ1) is 14.0. The number of aromatic nitrogens is 1. The first-order valence-corrected chi connectivity index (χ1v) is 7.71. The van der Waals surface area contributed by atoms with Crippen LogP contribution in [0.3, 0.4) is 0 Å². The van der Waals surface area contributed by atoms with Gasteiger partial charge in [-0.1, -0.05) is 29.8 Å². The fourth-order valence-corrected chi connectivity index (χ4v) is 3.60. The lowest BCUT2D eigenvalue weighted by atomic mass is 10.2. The summed E-state index contributed by atoms with van der Waals surface area (Å²) in [7, 11) is 0. The van der Waals surface area contributed by atoms with E-state index in [2.05, 4.69) is 10.3 Å². The molecular weight excluding hydrogens is 304 g/mol. The molecule has 106 valence electrons. The molecule has 0 aliphatic rings. The van der Waals surface area contributed by atoms with E-state index in [0.717, 1.165) is 21.3 Å². The number of carbonyl (C=O) groups excluding carboxylic acids is 1. The van der Waals surface area contributed by atoms with Crippen LogP contribution >= 0.6 is 22.9 Å². The minimum atomic E-state index is -0.162. The summed E-state index contributed by atoms with van der Waals surface area (Å²) >= 11 is 7.74. The van der Waals surface area contributed by atoms with Crippen molar-refractivity contribution in [1.82, 2.24) is 10.3 Å². The first-order chi connectivity index (χ1) is 10.1. The monoisotopic (exact) mass is 316 g/mol. The molecule has 0 saturated carbocycles. The summed E-state index contributed by atoms with van der Waals surface area (Å²) in [6.45, 7) is 2.41. The van der Waals surface area contributed by atoms with Gasteiger partial charge in [0.15, 0.2) is 0 Å². The quantitative estimate of drug-likeness (QED) is 0.787. The lowest BCUT2D eigenvalue weighted by molar-refractivity contribution is 0.0954. The minimum Gasteiger partial charge on any atom is -0.346 e. The van der Waals surface area contributed by atoms with Crippen molar-refractivity contribution in [3.05, 3.63) is 63.8 Å². The van der Waals surface area contributed by atoms with Crippen molar-refractivity contribution < 1.29 is 4.79 Å². The van der Waals surface area contributed by atoms with Gasteiger partial charge in [0.2, 0.25) is 0 Å². The van der Waals surface area contributed by atoms with Crippen LogP contribution in [0.15, 0.2) is 42.6 Å². The summed E-state index contributed by atoms with van der Waals surface area (Å²) in [6.07, 6.45) is 1.71. The highest BCUT2D eigenvalue weighted by Gasteiger charge is 2.16. The van der Waals surface area contributed by atoms with Crippen LogP contribution in [-0.2, 0) is 6.54 Å². The van der Waals surface area contributed by atoms with E-state index in [1.54, 1.807) is 6.20 Å². The number of rotatable bonds is 3. The molecule has 0 radical (unpaired) electrons. The summed E-state index contributed by atoms with van der Waals surface area (Å²) < 4.78 is 1.03. The Balaban J connectivity index is 1.83. The molecule has 0 spiro atoms. The molecule has 0 atom stereocenters. The number of nitrogens with zero attached hydrogens (tertiary/aromatic N) is 1. The normalized spacial score (nSPS) is 10.8. The highest BCUT2D eigenvalue weighted by atomic mass is 35.5. The number of aryl methyl sites for hydroxylation is 1. The van der Waals surface area contributed by atoms with Gasteiger partial charge in [-0.15, -0.1) is 11.3 Å². The standard InChI is InChI=1S/C16H13ClN2OS/c1-10-5-6-12-13(8-10)21-15(14(12)17)16(20)19-9-11-4-2-3-7-18-11/h2-8H,9H2,1H3,(H,19,20). The van der Waals surface area contributed by atoms with Gasteiger partial charge in [-0.2, -0.15) is 0 Å². The van der Waals surface area contributed by atoms with Gasteiger partial charge in [-0.05, 0) is 30.7 Å². The molecule has 0 aliphatic carbocycles. The maximum Gasteiger partial charge on any atom is 0.263 e. The smallest absolute Gasteiger partial charge is 0.263 e. The number of pyridine rings is 1. The van der Waals surface area contributed by atoms with Crippen molar-refractivity contribution >= 4 is 38.9 Å². The predicted octanol–water partition coefficient (Wildman–Crippen LogP) is 4.19. The molecule has 0 aliphatic heterocycles. The van der Waals surface area contributed by atoms with E-state index in [1.807, 2.05) is 43.3 Å². The average molecular weight is 317 g/mol. The van der Waals surface area contributed by atoms with Gasteiger partial charge in [-0.25, -0.2) is 0 Å². The van der Waals surface area contributed by atoms with E-state index in [0.29, 0.717) is 16.4 Å². The van der Waals surface area contributed by atoms with Crippen LogP contribution in [0.2, 0.25) is 5.02 Å². The Morgan fingerprint density at radius 2 is 2.19 bits per heavy atom. The number of hydrogen-bond acceptors (Lipinski definition) is 3. The number of carbonyl (C=O) groups is 1. The molecule has 2 heterocycles. The number of thiophene rings is 1. The second-order valence-electron chi connectivity index (χ2n) is 4.75. The highest BCUT2D eigenvalue weighted by molar-refractivity contribution is 7.21. The minimum absolute atomic E-state index is 0.162. The van der Waals surface area contributed by atoms with Crippen LogP contribution < -0.4 is 5.32 Å². The molecule has 3 nitrogen and oxygen atoms in total. The van der Waals surface area contributed by atoms with Crippen molar-refractivity contribution in [2.24, 2.45) is 0 Å². The fraction of sp³-hybridized carbons (Fsp3) is 0.125. The van der Waals surface area contributed by atoms with E-state index in [4.69, 9.17) is 11.6 Å². The Morgan fingerprint density at radius 1 is 1.33 bits per heavy atom. The second-order valence-corrected chi connectivity index (χ2v) is 6.18. The molecule has 1 N–H and O–H groups in total. The maximum absolute atomic E-state index is 12.3. The Morgan fingerprint density at radius 3 is 2.95 bits per heavy atom. The third-order valence-corrected chi connectivity index (χ3v) is 4.80. The van der Waals surface area contributed by atoms with Gasteiger partial charge in [0.05, 0.1) is 17.3 Å². The molecule has 2 aromatic heterocycles. The number of halogens is 1. The molecule has 21 heavy (non-hydrogen) atoms. The summed E-state index contributed by atoms with van der Waals surface area (Å²) in [4.78, 5) is 17.0. The third-order valence-electron chi connectivity index (χ3n) is 3.15. The zero-order chi connectivity index (χ0) is 14.8. The average Bonchev–Trinajstić information content (AvgIpc) is 2.82. The molecule has 1 aromatic carbocycles. The topological polar surface area (TPSA) is 42.0 Å². The molecule has 3 rings (SSSR count). The van der Waals surface area contributed by atoms with Gasteiger partial charge in [0.1, 0.15) is 4.88 Å². The van der Waals surface area contributed by atoms with Gasteiger partial charge < -0.3 is 5.32 Å². The third kappa shape index (κ3) is 2.91. The maximum atomic E-state index is 12.3. The predicted molar refractivity (Wildman–Crippen MR) is 87.0 cm³/mol. The second kappa shape index (κ2) is 5.84. The Hall–Kier alpha value is -1.91. The Bertz CT molecular complexity index is 799. The van der Waals surface area contributed by atoms with E-state index in [1.165, 1.54) is 11.3 Å². The molecule has 0 saturated heterocycles. The number of hydrogen-bond donors (Lipinski definition) is 1. The van der Waals surface area contributed by atoms with Crippen molar-refractivity contribution in [1.29, 1.82) is 0 Å². The summed E-state index contributed by atoms with van der Waals surface area (Å²) in [5, 5.41) is 4.30. The summed E-state index contributed by atoms with van der Waals surface area (Å²) in [5.74, 6) is -0.162. The van der Waals surface area contributed by atoms with E-state index >= 15 is 0 Å². The van der Waals surface area contributed by atoms with Gasteiger partial charge >= 0.3 is 0 Å². The van der Waals surface area contributed by atoms with Crippen LogP contribution in [0.1, 0.15) is 20.9 Å². The fourth-order valence-electron chi connectivity index (χ4n) is 2.07. The number of benzene rings is 1. The highest BCUT2D eigenvalue weighted by Crippen LogP contribution is 2.35. The molecule has 0 unspecified atom stereocenters. The van der Waals surface area contributed by atoms with Crippen LogP contribution in [-0.4, -0.2) is 10.9 Å². The molecular formula is C16H13ClN2OS. The Kier molecular flexibility index (Phi) is 3.90. The lowest BCUT2D eigenvalue weighted by Gasteiger charge is -2.03. The van der Waals surface area contributed by atoms with Crippen LogP contribution in [0.5, 0.6) is 0 Å². The SMILES string of the molecule is Cc1ccc2c(Cl)c(C(=O)NCc3ccccn3)sc2c1. The Labute approximate surface area is 131 Å². The van der Waals surface area contributed by atoms with Crippen molar-refractivity contribution in [2.45, 2.75) is 13.5 Å². The van der Waals surface area contributed by atoms with Gasteiger partial charge in [0.25, 0.3) is 5.91 Å². The summed E-state index contributed by atoms with van der Waals surface area (Å²) in [6, 6.07) is 11.6. The molecule has 3 aromatic rings. The number of fused-ring (bicyclic) bond motifs is 1. The van der Waals surface area contributed by atoms with Crippen LogP contribution in [0.25, 0.3) is 10.1 Å². The van der Waals surface area contributed by atoms with E-state index in [-0.39, 0.29) is 5.91 Å². The van der Waals surface area contributed by atoms with Gasteiger partial charge in [0, 0.05) is 16.3 Å². The zero-order valence-electron chi connectivity index (χ0n) is 11.4. The first-order valence-electron chi connectivity index (χ1n) is 6.52. The van der Waals surface area contributed by atoms with Crippen molar-refractivity contribution in [3.8, 4) is 0 Å². The van der Waals surface area contributed by atoms with Crippen molar-refractivity contribution in [2.75, 3.05) is 0 Å². The number of nitrogens with one attached hydrogen (secondary N) is 1.